The van der Waals surface area contributed by atoms with Crippen molar-refractivity contribution >= 4 is 44.6 Å². The highest BCUT2D eigenvalue weighted by Crippen LogP contribution is 2.26. The summed E-state index contributed by atoms with van der Waals surface area (Å²) in [4.78, 5) is 4.22. The Morgan fingerprint density at radius 1 is 0.917 bits per heavy atom. The summed E-state index contributed by atoms with van der Waals surface area (Å²) in [6.07, 6.45) is 0. The third-order valence-electron chi connectivity index (χ3n) is 3.07. The average molecular weight is 404 g/mol. The van der Waals surface area contributed by atoms with Gasteiger partial charge in [0.15, 0.2) is 15.7 Å². The molecule has 24 heavy (non-hydrogen) atoms. The van der Waals surface area contributed by atoms with Crippen LogP contribution in [0.3, 0.4) is 0 Å². The first-order chi connectivity index (χ1) is 11.3. The monoisotopic (exact) mass is 402 g/mol. The van der Waals surface area contributed by atoms with Crippen LogP contribution in [0.2, 0.25) is 15.1 Å². The second-order valence-electron chi connectivity index (χ2n) is 4.89. The number of nitrogens with zero attached hydrogens (tertiary/aromatic N) is 2. The molecule has 0 aliphatic heterocycles. The zero-order chi connectivity index (χ0) is 17.3. The Morgan fingerprint density at radius 2 is 1.54 bits per heavy atom. The first kappa shape index (κ1) is 17.2. The van der Waals surface area contributed by atoms with Crippen molar-refractivity contribution in [3.05, 3.63) is 63.4 Å². The number of benzene rings is 2. The number of hydrogen-bond acceptors (Lipinski definition) is 5. The molecule has 1 aromatic heterocycles. The van der Waals surface area contributed by atoms with Gasteiger partial charge < -0.3 is 4.52 Å². The lowest BCUT2D eigenvalue weighted by Crippen LogP contribution is -2.06. The van der Waals surface area contributed by atoms with Crippen LogP contribution in [0.1, 0.15) is 5.82 Å². The number of sulfone groups is 1. The minimum absolute atomic E-state index is 0.0380. The normalized spacial score (nSPS) is 11.6. The summed E-state index contributed by atoms with van der Waals surface area (Å²) >= 11 is 17.6. The van der Waals surface area contributed by atoms with Gasteiger partial charge in [-0.05, 0) is 42.5 Å². The third kappa shape index (κ3) is 3.89. The maximum Gasteiger partial charge on any atom is 0.258 e. The fourth-order valence-corrected chi connectivity index (χ4v) is 3.83. The molecule has 124 valence electrons. The van der Waals surface area contributed by atoms with E-state index in [-0.39, 0.29) is 16.6 Å². The summed E-state index contributed by atoms with van der Waals surface area (Å²) < 4.78 is 29.8. The molecule has 0 aliphatic rings. The number of halogens is 3. The van der Waals surface area contributed by atoms with E-state index in [0.29, 0.717) is 20.6 Å². The zero-order valence-corrected chi connectivity index (χ0v) is 15.0. The lowest BCUT2D eigenvalue weighted by Gasteiger charge is -2.01. The predicted molar refractivity (Wildman–Crippen MR) is 92.1 cm³/mol. The van der Waals surface area contributed by atoms with Crippen LogP contribution in [0.4, 0.5) is 0 Å². The van der Waals surface area contributed by atoms with Gasteiger partial charge in [0.05, 0.1) is 4.90 Å². The van der Waals surface area contributed by atoms with Crippen molar-refractivity contribution < 1.29 is 12.9 Å². The number of aromatic nitrogens is 2. The van der Waals surface area contributed by atoms with Gasteiger partial charge in [-0.15, -0.1) is 0 Å². The molecule has 0 aliphatic carbocycles. The van der Waals surface area contributed by atoms with E-state index in [4.69, 9.17) is 39.3 Å². The van der Waals surface area contributed by atoms with Crippen molar-refractivity contribution in [2.75, 3.05) is 0 Å². The Balaban J connectivity index is 1.87. The minimum Gasteiger partial charge on any atom is -0.334 e. The second-order valence-corrected chi connectivity index (χ2v) is 8.19. The molecule has 0 atom stereocenters. The molecule has 0 saturated carbocycles. The van der Waals surface area contributed by atoms with Crippen LogP contribution in [-0.4, -0.2) is 18.6 Å². The molecule has 0 unspecified atom stereocenters. The lowest BCUT2D eigenvalue weighted by molar-refractivity contribution is 0.424. The lowest BCUT2D eigenvalue weighted by atomic mass is 10.2. The van der Waals surface area contributed by atoms with Crippen LogP contribution in [0.15, 0.2) is 51.9 Å². The van der Waals surface area contributed by atoms with Crippen LogP contribution in [0.5, 0.6) is 0 Å². The van der Waals surface area contributed by atoms with Gasteiger partial charge in [-0.2, -0.15) is 4.98 Å². The standard InChI is InChI=1S/C15H9Cl3N2O3S/c16-10-1-3-13(4-2-10)24(21,22)8-14-19-15(23-20-14)9-5-11(17)7-12(18)6-9/h1-7H,8H2. The second kappa shape index (κ2) is 6.72. The van der Waals surface area contributed by atoms with Gasteiger partial charge in [0, 0.05) is 20.6 Å². The summed E-state index contributed by atoms with van der Waals surface area (Å²) in [5.41, 5.74) is 0.509. The highest BCUT2D eigenvalue weighted by molar-refractivity contribution is 7.90. The highest BCUT2D eigenvalue weighted by atomic mass is 35.5. The molecule has 0 bridgehead atoms. The Bertz CT molecular complexity index is 965. The predicted octanol–water partition coefficient (Wildman–Crippen LogP) is 4.67. The molecular weight excluding hydrogens is 395 g/mol. The van der Waals surface area contributed by atoms with Crippen molar-refractivity contribution in [1.82, 2.24) is 10.1 Å². The minimum atomic E-state index is -3.61. The van der Waals surface area contributed by atoms with Crippen LogP contribution in [-0.2, 0) is 15.6 Å². The molecule has 0 fully saturated rings. The van der Waals surface area contributed by atoms with E-state index < -0.39 is 15.6 Å². The van der Waals surface area contributed by atoms with Gasteiger partial charge in [0.25, 0.3) is 5.89 Å². The Hall–Kier alpha value is -1.60. The van der Waals surface area contributed by atoms with Crippen LogP contribution >= 0.6 is 34.8 Å². The van der Waals surface area contributed by atoms with Crippen molar-refractivity contribution in [2.24, 2.45) is 0 Å². The van der Waals surface area contributed by atoms with Crippen molar-refractivity contribution in [1.29, 1.82) is 0 Å². The topological polar surface area (TPSA) is 73.1 Å². The summed E-state index contributed by atoms with van der Waals surface area (Å²) in [6, 6.07) is 10.6. The van der Waals surface area contributed by atoms with Crippen molar-refractivity contribution in [3.63, 3.8) is 0 Å². The Kier molecular flexibility index (Phi) is 4.83. The first-order valence-corrected chi connectivity index (χ1v) is 9.39. The molecule has 1 heterocycles. The molecule has 3 aromatic rings. The van der Waals surface area contributed by atoms with Crippen LogP contribution < -0.4 is 0 Å². The SMILES string of the molecule is O=S(=O)(Cc1noc(-c2cc(Cl)cc(Cl)c2)n1)c1ccc(Cl)cc1. The fraction of sp³-hybridized carbons (Fsp3) is 0.0667. The van der Waals surface area contributed by atoms with Gasteiger partial charge in [-0.25, -0.2) is 8.42 Å². The largest absolute Gasteiger partial charge is 0.334 e. The molecule has 0 radical (unpaired) electrons. The molecule has 3 rings (SSSR count). The van der Waals surface area contributed by atoms with Crippen LogP contribution in [0.25, 0.3) is 11.5 Å². The van der Waals surface area contributed by atoms with E-state index in [0.717, 1.165) is 0 Å². The summed E-state index contributed by atoms with van der Waals surface area (Å²) in [6.45, 7) is 0. The maximum atomic E-state index is 12.4. The van der Waals surface area contributed by atoms with E-state index in [9.17, 15) is 8.42 Å². The number of hydrogen-bond donors (Lipinski definition) is 0. The molecule has 0 N–H and O–H groups in total. The zero-order valence-electron chi connectivity index (χ0n) is 11.9. The fourth-order valence-electron chi connectivity index (χ4n) is 2.00. The quantitative estimate of drug-likeness (QED) is 0.633. The van der Waals surface area contributed by atoms with Gasteiger partial charge in [0.1, 0.15) is 5.75 Å². The Morgan fingerprint density at radius 3 is 2.17 bits per heavy atom. The van der Waals surface area contributed by atoms with E-state index in [2.05, 4.69) is 10.1 Å². The van der Waals surface area contributed by atoms with E-state index in [1.165, 1.54) is 24.3 Å². The number of rotatable bonds is 4. The molecule has 0 saturated heterocycles. The van der Waals surface area contributed by atoms with Gasteiger partial charge >= 0.3 is 0 Å². The van der Waals surface area contributed by atoms with E-state index >= 15 is 0 Å². The first-order valence-electron chi connectivity index (χ1n) is 6.61. The molecular formula is C15H9Cl3N2O3S. The summed E-state index contributed by atoms with van der Waals surface area (Å²) in [7, 11) is -3.61. The van der Waals surface area contributed by atoms with Gasteiger partial charge in [0.2, 0.25) is 0 Å². The van der Waals surface area contributed by atoms with Gasteiger partial charge in [-0.1, -0.05) is 40.0 Å². The highest BCUT2D eigenvalue weighted by Gasteiger charge is 2.20. The molecule has 0 spiro atoms. The molecule has 9 heteroatoms. The Labute approximate surface area is 153 Å². The van der Waals surface area contributed by atoms with Gasteiger partial charge in [-0.3, -0.25) is 0 Å². The molecule has 2 aromatic carbocycles. The average Bonchev–Trinajstić information content (AvgIpc) is 2.94. The summed E-state index contributed by atoms with van der Waals surface area (Å²) in [5, 5.41) is 4.97. The summed E-state index contributed by atoms with van der Waals surface area (Å²) in [5.74, 6) is -0.219. The van der Waals surface area contributed by atoms with Crippen LogP contribution in [0, 0.1) is 0 Å². The van der Waals surface area contributed by atoms with Crippen molar-refractivity contribution in [3.8, 4) is 11.5 Å². The smallest absolute Gasteiger partial charge is 0.258 e. The van der Waals surface area contributed by atoms with Crippen molar-refractivity contribution in [2.45, 2.75) is 10.6 Å². The van der Waals surface area contributed by atoms with E-state index in [1.807, 2.05) is 0 Å². The maximum absolute atomic E-state index is 12.4. The van der Waals surface area contributed by atoms with E-state index in [1.54, 1.807) is 18.2 Å². The molecule has 5 nitrogen and oxygen atoms in total. The molecule has 0 amide bonds. The third-order valence-corrected chi connectivity index (χ3v) is 5.39.